The van der Waals surface area contributed by atoms with Crippen LogP contribution in [-0.2, 0) is 10.2 Å². The van der Waals surface area contributed by atoms with Crippen molar-refractivity contribution >= 4 is 5.97 Å². The van der Waals surface area contributed by atoms with E-state index in [-0.39, 0.29) is 0 Å². The molecule has 3 nitrogen and oxygen atoms in total. The van der Waals surface area contributed by atoms with Gasteiger partial charge in [0.05, 0.1) is 11.0 Å². The lowest BCUT2D eigenvalue weighted by molar-refractivity contribution is -0.147. The van der Waals surface area contributed by atoms with Crippen molar-refractivity contribution < 1.29 is 15.0 Å². The maximum Gasteiger partial charge on any atom is 0.314 e. The van der Waals surface area contributed by atoms with Crippen LogP contribution in [0.25, 0.3) is 0 Å². The van der Waals surface area contributed by atoms with Gasteiger partial charge in [0.25, 0.3) is 0 Å². The van der Waals surface area contributed by atoms with E-state index in [0.717, 1.165) is 5.56 Å². The highest BCUT2D eigenvalue weighted by atomic mass is 16.4. The smallest absolute Gasteiger partial charge is 0.314 e. The number of carbonyl (C=O) groups is 1. The Bertz CT molecular complexity index is 399. The first-order valence-corrected chi connectivity index (χ1v) is 5.98. The third-order valence-corrected chi connectivity index (χ3v) is 3.92. The van der Waals surface area contributed by atoms with E-state index in [9.17, 15) is 15.0 Å². The van der Waals surface area contributed by atoms with Gasteiger partial charge in [-0.3, -0.25) is 4.79 Å². The summed E-state index contributed by atoms with van der Waals surface area (Å²) in [5.74, 6) is -0.779. The Morgan fingerprint density at radius 2 is 1.65 bits per heavy atom. The zero-order chi connectivity index (χ0) is 12.5. The minimum absolute atomic E-state index is 0.499. The monoisotopic (exact) mass is 234 g/mol. The van der Waals surface area contributed by atoms with Crippen molar-refractivity contribution in [3.8, 4) is 0 Å². The Labute approximate surface area is 101 Å². The minimum atomic E-state index is -0.816. The fourth-order valence-electron chi connectivity index (χ4n) is 2.60. The van der Waals surface area contributed by atoms with Crippen molar-refractivity contribution in [2.45, 2.75) is 43.6 Å². The summed E-state index contributed by atoms with van der Waals surface area (Å²) < 4.78 is 0. The number of hydrogen-bond acceptors (Lipinski definition) is 2. The lowest BCUT2D eigenvalue weighted by Gasteiger charge is -2.40. The van der Waals surface area contributed by atoms with Crippen molar-refractivity contribution in [1.82, 2.24) is 0 Å². The average Bonchev–Trinajstić information content (AvgIpc) is 2.30. The molecule has 0 amide bonds. The van der Waals surface area contributed by atoms with Crippen molar-refractivity contribution in [2.75, 3.05) is 0 Å². The number of rotatable bonds is 2. The molecule has 0 aliphatic heterocycles. The van der Waals surface area contributed by atoms with Gasteiger partial charge in [-0.2, -0.15) is 0 Å². The molecule has 1 fully saturated rings. The number of aliphatic carboxylic acids is 1. The van der Waals surface area contributed by atoms with Crippen molar-refractivity contribution in [3.63, 3.8) is 0 Å². The first kappa shape index (κ1) is 12.1. The summed E-state index contributed by atoms with van der Waals surface area (Å²) in [6.07, 6.45) is 2.07. The molecular formula is C14H18O3. The van der Waals surface area contributed by atoms with Crippen molar-refractivity contribution in [2.24, 2.45) is 0 Å². The molecule has 0 atom stereocenters. The van der Waals surface area contributed by atoms with Crippen LogP contribution < -0.4 is 0 Å². The summed E-state index contributed by atoms with van der Waals surface area (Å²) in [5.41, 5.74) is -0.681. The van der Waals surface area contributed by atoms with E-state index in [0.29, 0.717) is 25.7 Å². The normalized spacial score (nSPS) is 33.3. The van der Waals surface area contributed by atoms with Crippen LogP contribution in [0, 0.1) is 0 Å². The van der Waals surface area contributed by atoms with Gasteiger partial charge < -0.3 is 10.2 Å². The summed E-state index contributed by atoms with van der Waals surface area (Å²) in [7, 11) is 0. The maximum atomic E-state index is 11.6. The second kappa shape index (κ2) is 4.15. The molecule has 2 N–H and O–H groups in total. The standard InChI is InChI=1S/C14H18O3/c1-13(17)7-9-14(10-8-13,12(15)16)11-5-3-2-4-6-11/h2-6,17H,7-10H2,1H3,(H,15,16). The van der Waals surface area contributed by atoms with Crippen LogP contribution in [0.1, 0.15) is 38.2 Å². The highest BCUT2D eigenvalue weighted by Gasteiger charge is 2.46. The SMILES string of the molecule is CC1(O)CCC(C(=O)O)(c2ccccc2)CC1. The van der Waals surface area contributed by atoms with Crippen LogP contribution in [0.2, 0.25) is 0 Å². The molecule has 92 valence electrons. The molecule has 1 aliphatic carbocycles. The number of benzene rings is 1. The topological polar surface area (TPSA) is 57.5 Å². The quantitative estimate of drug-likeness (QED) is 0.825. The molecule has 0 aromatic heterocycles. The summed E-state index contributed by atoms with van der Waals surface area (Å²) in [6, 6.07) is 9.36. The fourth-order valence-corrected chi connectivity index (χ4v) is 2.60. The zero-order valence-corrected chi connectivity index (χ0v) is 10.0. The van der Waals surface area contributed by atoms with Crippen molar-refractivity contribution in [1.29, 1.82) is 0 Å². The third kappa shape index (κ3) is 2.20. The van der Waals surface area contributed by atoms with E-state index in [1.165, 1.54) is 0 Å². The molecule has 1 saturated carbocycles. The Morgan fingerprint density at radius 1 is 1.12 bits per heavy atom. The molecule has 0 bridgehead atoms. The second-order valence-electron chi connectivity index (χ2n) is 5.25. The Morgan fingerprint density at radius 3 is 2.12 bits per heavy atom. The fraction of sp³-hybridized carbons (Fsp3) is 0.500. The minimum Gasteiger partial charge on any atom is -0.481 e. The predicted octanol–water partition coefficient (Wildman–Crippen LogP) is 2.33. The molecule has 0 heterocycles. The van der Waals surface area contributed by atoms with Gasteiger partial charge in [0.1, 0.15) is 0 Å². The molecule has 0 radical (unpaired) electrons. The molecule has 17 heavy (non-hydrogen) atoms. The van der Waals surface area contributed by atoms with E-state index in [1.807, 2.05) is 30.3 Å². The van der Waals surface area contributed by atoms with Crippen LogP contribution in [0.15, 0.2) is 30.3 Å². The molecule has 3 heteroatoms. The van der Waals surface area contributed by atoms with Gasteiger partial charge >= 0.3 is 5.97 Å². The highest BCUT2D eigenvalue weighted by molar-refractivity contribution is 5.81. The van der Waals surface area contributed by atoms with E-state index in [1.54, 1.807) is 6.92 Å². The van der Waals surface area contributed by atoms with Crippen LogP contribution in [0.5, 0.6) is 0 Å². The largest absolute Gasteiger partial charge is 0.481 e. The zero-order valence-electron chi connectivity index (χ0n) is 10.0. The van der Waals surface area contributed by atoms with Gasteiger partial charge in [0.2, 0.25) is 0 Å². The molecule has 0 unspecified atom stereocenters. The first-order chi connectivity index (χ1) is 7.96. The van der Waals surface area contributed by atoms with Crippen molar-refractivity contribution in [3.05, 3.63) is 35.9 Å². The molecule has 1 aromatic carbocycles. The van der Waals surface area contributed by atoms with Gasteiger partial charge in [-0.1, -0.05) is 30.3 Å². The number of carboxylic acid groups (broad SMARTS) is 1. The van der Waals surface area contributed by atoms with Gasteiger partial charge in [0, 0.05) is 0 Å². The van der Waals surface area contributed by atoms with Gasteiger partial charge in [-0.25, -0.2) is 0 Å². The lowest BCUT2D eigenvalue weighted by Crippen LogP contribution is -2.44. The molecular weight excluding hydrogens is 216 g/mol. The molecule has 0 saturated heterocycles. The maximum absolute atomic E-state index is 11.6. The third-order valence-electron chi connectivity index (χ3n) is 3.92. The van der Waals surface area contributed by atoms with Gasteiger partial charge in [-0.15, -0.1) is 0 Å². The van der Waals surface area contributed by atoms with E-state index in [2.05, 4.69) is 0 Å². The number of carboxylic acids is 1. The van der Waals surface area contributed by atoms with E-state index in [4.69, 9.17) is 0 Å². The second-order valence-corrected chi connectivity index (χ2v) is 5.25. The van der Waals surface area contributed by atoms with Crippen LogP contribution in [0.3, 0.4) is 0 Å². The number of aliphatic hydroxyl groups is 1. The summed E-state index contributed by atoms with van der Waals surface area (Å²) >= 11 is 0. The predicted molar refractivity (Wildman–Crippen MR) is 64.8 cm³/mol. The summed E-state index contributed by atoms with van der Waals surface area (Å²) in [6.45, 7) is 1.78. The van der Waals surface area contributed by atoms with E-state index >= 15 is 0 Å². The molecule has 1 aliphatic rings. The van der Waals surface area contributed by atoms with Crippen LogP contribution >= 0.6 is 0 Å². The molecule has 2 rings (SSSR count). The highest BCUT2D eigenvalue weighted by Crippen LogP contribution is 2.43. The summed E-state index contributed by atoms with van der Waals surface area (Å²) in [5, 5.41) is 19.5. The summed E-state index contributed by atoms with van der Waals surface area (Å²) in [4.78, 5) is 11.6. The van der Waals surface area contributed by atoms with Crippen LogP contribution in [-0.4, -0.2) is 21.8 Å². The van der Waals surface area contributed by atoms with Gasteiger partial charge in [-0.05, 0) is 38.2 Å². The molecule has 1 aromatic rings. The first-order valence-electron chi connectivity index (χ1n) is 5.98. The lowest BCUT2D eigenvalue weighted by atomic mass is 9.65. The number of hydrogen-bond donors (Lipinski definition) is 2. The Balaban J connectivity index is 2.33. The van der Waals surface area contributed by atoms with E-state index < -0.39 is 17.0 Å². The van der Waals surface area contributed by atoms with Gasteiger partial charge in [0.15, 0.2) is 0 Å². The van der Waals surface area contributed by atoms with Crippen LogP contribution in [0.4, 0.5) is 0 Å². The Kier molecular flexibility index (Phi) is 2.96. The molecule has 0 spiro atoms. The Hall–Kier alpha value is -1.35. The average molecular weight is 234 g/mol.